The molecule has 1 aromatic rings. The van der Waals surface area contributed by atoms with Crippen LogP contribution in [0.15, 0.2) is 24.3 Å². The first-order valence-electron chi connectivity index (χ1n) is 6.44. The molecule has 1 rings (SSSR count). The molecule has 0 radical (unpaired) electrons. The standard InChI is InChI=1S/C14H20FN3O2/c1-9(2)13(10-4-6-11(15)7-5-10)17-8-12(19)18-14(20)16-3/h4-7,9,13,17H,8H2,1-3H3,(H2,16,18,19,20). The topological polar surface area (TPSA) is 70.2 Å². The van der Waals surface area contributed by atoms with E-state index in [0.717, 1.165) is 5.56 Å². The molecule has 110 valence electrons. The van der Waals surface area contributed by atoms with Gasteiger partial charge in [-0.2, -0.15) is 0 Å². The lowest BCUT2D eigenvalue weighted by Gasteiger charge is -2.22. The quantitative estimate of drug-likeness (QED) is 0.767. The van der Waals surface area contributed by atoms with Gasteiger partial charge in [-0.3, -0.25) is 10.1 Å². The number of imide groups is 1. The van der Waals surface area contributed by atoms with Crippen molar-refractivity contribution < 1.29 is 14.0 Å². The molecule has 3 amide bonds. The Morgan fingerprint density at radius 3 is 2.30 bits per heavy atom. The van der Waals surface area contributed by atoms with Crippen LogP contribution in [0.4, 0.5) is 9.18 Å². The van der Waals surface area contributed by atoms with Crippen LogP contribution in [0.1, 0.15) is 25.5 Å². The summed E-state index contributed by atoms with van der Waals surface area (Å²) in [5.41, 5.74) is 0.897. The van der Waals surface area contributed by atoms with Crippen LogP contribution in [-0.4, -0.2) is 25.5 Å². The first-order valence-corrected chi connectivity index (χ1v) is 6.44. The minimum absolute atomic E-state index is 0.00758. The Morgan fingerprint density at radius 1 is 1.20 bits per heavy atom. The number of benzene rings is 1. The van der Waals surface area contributed by atoms with E-state index in [2.05, 4.69) is 16.0 Å². The average molecular weight is 281 g/mol. The van der Waals surface area contributed by atoms with Gasteiger partial charge in [0.05, 0.1) is 6.54 Å². The fourth-order valence-corrected chi connectivity index (χ4v) is 1.84. The molecule has 1 aromatic carbocycles. The fourth-order valence-electron chi connectivity index (χ4n) is 1.84. The van der Waals surface area contributed by atoms with Crippen molar-refractivity contribution in [3.63, 3.8) is 0 Å². The summed E-state index contributed by atoms with van der Waals surface area (Å²) >= 11 is 0. The zero-order valence-corrected chi connectivity index (χ0v) is 11.9. The van der Waals surface area contributed by atoms with Gasteiger partial charge in [-0.05, 0) is 23.6 Å². The molecule has 1 unspecified atom stereocenters. The first kappa shape index (κ1) is 16.1. The molecule has 0 spiro atoms. The van der Waals surface area contributed by atoms with Crippen molar-refractivity contribution in [1.29, 1.82) is 0 Å². The second-order valence-electron chi connectivity index (χ2n) is 4.78. The third-order valence-corrected chi connectivity index (χ3v) is 2.86. The maximum atomic E-state index is 12.9. The first-order chi connectivity index (χ1) is 9.43. The predicted molar refractivity (Wildman–Crippen MR) is 74.6 cm³/mol. The van der Waals surface area contributed by atoms with Crippen LogP contribution in [0.3, 0.4) is 0 Å². The van der Waals surface area contributed by atoms with Crippen LogP contribution in [0.25, 0.3) is 0 Å². The second kappa shape index (κ2) is 7.59. The maximum Gasteiger partial charge on any atom is 0.321 e. The monoisotopic (exact) mass is 281 g/mol. The molecule has 3 N–H and O–H groups in total. The van der Waals surface area contributed by atoms with E-state index in [9.17, 15) is 14.0 Å². The molecule has 6 heteroatoms. The lowest BCUT2D eigenvalue weighted by atomic mass is 9.96. The van der Waals surface area contributed by atoms with E-state index in [1.54, 1.807) is 12.1 Å². The van der Waals surface area contributed by atoms with Gasteiger partial charge in [0.15, 0.2) is 0 Å². The molecule has 0 aromatic heterocycles. The van der Waals surface area contributed by atoms with Crippen LogP contribution >= 0.6 is 0 Å². The van der Waals surface area contributed by atoms with Crippen molar-refractivity contribution in [2.75, 3.05) is 13.6 Å². The van der Waals surface area contributed by atoms with Crippen molar-refractivity contribution in [1.82, 2.24) is 16.0 Å². The summed E-state index contributed by atoms with van der Waals surface area (Å²) in [4.78, 5) is 22.5. The minimum Gasteiger partial charge on any atom is -0.341 e. The average Bonchev–Trinajstić information content (AvgIpc) is 2.40. The number of hydrogen-bond donors (Lipinski definition) is 3. The number of halogens is 1. The zero-order valence-electron chi connectivity index (χ0n) is 11.9. The second-order valence-corrected chi connectivity index (χ2v) is 4.78. The number of rotatable bonds is 5. The Hall–Kier alpha value is -1.95. The molecular weight excluding hydrogens is 261 g/mol. The summed E-state index contributed by atoms with van der Waals surface area (Å²) in [5, 5.41) is 7.55. The molecule has 5 nitrogen and oxygen atoms in total. The van der Waals surface area contributed by atoms with Crippen LogP contribution < -0.4 is 16.0 Å². The Morgan fingerprint density at radius 2 is 1.80 bits per heavy atom. The van der Waals surface area contributed by atoms with E-state index in [1.807, 2.05) is 13.8 Å². The highest BCUT2D eigenvalue weighted by Crippen LogP contribution is 2.21. The van der Waals surface area contributed by atoms with E-state index >= 15 is 0 Å². The Balaban J connectivity index is 2.62. The van der Waals surface area contributed by atoms with Gasteiger partial charge in [0.1, 0.15) is 5.82 Å². The maximum absolute atomic E-state index is 12.9. The highest BCUT2D eigenvalue weighted by atomic mass is 19.1. The summed E-state index contributed by atoms with van der Waals surface area (Å²) in [6.45, 7) is 4.00. The Labute approximate surface area is 117 Å². The molecule has 0 aliphatic heterocycles. The minimum atomic E-state index is -0.542. The van der Waals surface area contributed by atoms with Gasteiger partial charge in [-0.25, -0.2) is 9.18 Å². The van der Waals surface area contributed by atoms with Gasteiger partial charge in [0, 0.05) is 13.1 Å². The van der Waals surface area contributed by atoms with Crippen LogP contribution in [0.2, 0.25) is 0 Å². The van der Waals surface area contributed by atoms with Crippen LogP contribution in [0, 0.1) is 11.7 Å². The fraction of sp³-hybridized carbons (Fsp3) is 0.429. The summed E-state index contributed by atoms with van der Waals surface area (Å²) < 4.78 is 12.9. The lowest BCUT2D eigenvalue weighted by molar-refractivity contribution is -0.119. The lowest BCUT2D eigenvalue weighted by Crippen LogP contribution is -2.43. The molecule has 0 heterocycles. The van der Waals surface area contributed by atoms with Gasteiger partial charge in [-0.1, -0.05) is 26.0 Å². The van der Waals surface area contributed by atoms with Crippen LogP contribution in [0.5, 0.6) is 0 Å². The number of carbonyl (C=O) groups excluding carboxylic acids is 2. The summed E-state index contributed by atoms with van der Waals surface area (Å²) in [6, 6.07) is 5.51. The van der Waals surface area contributed by atoms with Gasteiger partial charge in [0.25, 0.3) is 0 Å². The highest BCUT2D eigenvalue weighted by Gasteiger charge is 2.17. The molecular formula is C14H20FN3O2. The normalized spacial score (nSPS) is 12.1. The number of carbonyl (C=O) groups is 2. The third-order valence-electron chi connectivity index (χ3n) is 2.86. The number of amides is 3. The van der Waals surface area contributed by atoms with Crippen molar-refractivity contribution in [3.05, 3.63) is 35.6 Å². The van der Waals surface area contributed by atoms with Gasteiger partial charge >= 0.3 is 6.03 Å². The number of nitrogens with one attached hydrogen (secondary N) is 3. The summed E-state index contributed by atoms with van der Waals surface area (Å²) in [6.07, 6.45) is 0. The van der Waals surface area contributed by atoms with Gasteiger partial charge in [-0.15, -0.1) is 0 Å². The molecule has 0 fully saturated rings. The molecule has 0 saturated heterocycles. The Bertz CT molecular complexity index is 460. The summed E-state index contributed by atoms with van der Waals surface area (Å²) in [7, 11) is 1.44. The smallest absolute Gasteiger partial charge is 0.321 e. The molecule has 0 bridgehead atoms. The van der Waals surface area contributed by atoms with Crippen LogP contribution in [-0.2, 0) is 4.79 Å². The van der Waals surface area contributed by atoms with Crippen molar-refractivity contribution >= 4 is 11.9 Å². The molecule has 0 aliphatic rings. The van der Waals surface area contributed by atoms with Crippen molar-refractivity contribution in [2.45, 2.75) is 19.9 Å². The molecule has 0 saturated carbocycles. The van der Waals surface area contributed by atoms with E-state index in [0.29, 0.717) is 0 Å². The molecule has 1 atom stereocenters. The zero-order chi connectivity index (χ0) is 15.1. The predicted octanol–water partition coefficient (Wildman–Crippen LogP) is 1.57. The van der Waals surface area contributed by atoms with E-state index in [-0.39, 0.29) is 24.3 Å². The van der Waals surface area contributed by atoms with Crippen molar-refractivity contribution in [2.24, 2.45) is 5.92 Å². The van der Waals surface area contributed by atoms with E-state index in [4.69, 9.17) is 0 Å². The number of urea groups is 1. The van der Waals surface area contributed by atoms with Crippen molar-refractivity contribution in [3.8, 4) is 0 Å². The molecule has 20 heavy (non-hydrogen) atoms. The SMILES string of the molecule is CNC(=O)NC(=O)CNC(c1ccc(F)cc1)C(C)C. The van der Waals surface area contributed by atoms with E-state index in [1.165, 1.54) is 19.2 Å². The highest BCUT2D eigenvalue weighted by molar-refractivity contribution is 5.95. The van der Waals surface area contributed by atoms with Gasteiger partial charge in [0.2, 0.25) is 5.91 Å². The third kappa shape index (κ3) is 4.97. The van der Waals surface area contributed by atoms with E-state index < -0.39 is 11.9 Å². The number of hydrogen-bond acceptors (Lipinski definition) is 3. The largest absolute Gasteiger partial charge is 0.341 e. The molecule has 0 aliphatic carbocycles. The Kier molecular flexibility index (Phi) is 6.11. The summed E-state index contributed by atoms with van der Waals surface area (Å²) in [5.74, 6) is -0.501. The van der Waals surface area contributed by atoms with Gasteiger partial charge < -0.3 is 10.6 Å².